The second-order valence-corrected chi connectivity index (χ2v) is 13.7. The zero-order valence-corrected chi connectivity index (χ0v) is 26.0. The number of piperidine rings is 1. The third-order valence-electron chi connectivity index (χ3n) is 9.39. The van der Waals surface area contributed by atoms with E-state index >= 15 is 0 Å². The van der Waals surface area contributed by atoms with Gasteiger partial charge in [-0.15, -0.1) is 0 Å². The average molecular weight is 597 g/mol. The smallest absolute Gasteiger partial charge is 0.410 e. The fraction of sp³-hybridized carbons (Fsp3) is 0.600. The molecule has 0 aromatic heterocycles. The Bertz CT molecular complexity index is 1250. The van der Waals surface area contributed by atoms with Crippen LogP contribution in [0.15, 0.2) is 48.5 Å². The topological polar surface area (TPSA) is 59.1 Å². The first kappa shape index (κ1) is 31.3. The molecule has 1 saturated carbocycles. The van der Waals surface area contributed by atoms with Crippen LogP contribution < -0.4 is 4.74 Å². The molecule has 0 radical (unpaired) electrons. The Hall–Kier alpha value is -3.16. The molecule has 2 heterocycles. The van der Waals surface area contributed by atoms with E-state index in [0.29, 0.717) is 50.7 Å². The molecule has 2 aromatic rings. The summed E-state index contributed by atoms with van der Waals surface area (Å²) in [6.07, 6.45) is 5.76. The van der Waals surface area contributed by atoms with E-state index in [1.165, 1.54) is 24.3 Å². The van der Waals surface area contributed by atoms with Crippen molar-refractivity contribution < 1.29 is 27.8 Å². The number of rotatable bonds is 9. The second-order valence-electron chi connectivity index (χ2n) is 13.7. The standard InChI is InChI=1S/C35H46F2N2O4/c1-5-6-27(35(17-18-35)42-30-13-11-29(37)12-14-30)21-26-22-39(23-31(26)24-7-9-28(36)10-8-24)32(40)25-15-19-38(20-16-25)33(41)43-34(2,3)4/h7-14,25-27,31H,5-6,15-23H2,1-4H3. The van der Waals surface area contributed by atoms with Gasteiger partial charge in [0, 0.05) is 38.0 Å². The zero-order valence-electron chi connectivity index (χ0n) is 26.0. The SMILES string of the molecule is CCCC(CC1CN(C(=O)C2CCN(C(=O)OC(C)(C)C)CC2)CC1c1ccc(F)cc1)C1(Oc2ccc(F)cc2)CC1. The quantitative estimate of drug-likeness (QED) is 0.300. The molecule has 3 fully saturated rings. The van der Waals surface area contributed by atoms with Crippen molar-refractivity contribution in [1.29, 1.82) is 0 Å². The minimum absolute atomic E-state index is 0.104. The van der Waals surface area contributed by atoms with Crippen LogP contribution in [0, 0.1) is 29.4 Å². The number of benzene rings is 2. The minimum Gasteiger partial charge on any atom is -0.487 e. The van der Waals surface area contributed by atoms with E-state index in [4.69, 9.17) is 9.47 Å². The van der Waals surface area contributed by atoms with Crippen molar-refractivity contribution in [2.75, 3.05) is 26.2 Å². The molecular weight excluding hydrogens is 550 g/mol. The summed E-state index contributed by atoms with van der Waals surface area (Å²) in [5.41, 5.74) is 0.233. The van der Waals surface area contributed by atoms with Gasteiger partial charge in [-0.3, -0.25) is 4.79 Å². The summed E-state index contributed by atoms with van der Waals surface area (Å²) in [6.45, 7) is 10.0. The molecule has 8 heteroatoms. The van der Waals surface area contributed by atoms with Gasteiger partial charge in [-0.25, -0.2) is 13.6 Å². The van der Waals surface area contributed by atoms with Crippen LogP contribution in [-0.4, -0.2) is 59.2 Å². The summed E-state index contributed by atoms with van der Waals surface area (Å²) in [5.74, 6) is 0.767. The highest BCUT2D eigenvalue weighted by atomic mass is 19.1. The molecule has 0 N–H and O–H groups in total. The Morgan fingerprint density at radius 2 is 1.53 bits per heavy atom. The monoisotopic (exact) mass is 596 g/mol. The van der Waals surface area contributed by atoms with Gasteiger partial charge in [0.15, 0.2) is 0 Å². The Kier molecular flexibility index (Phi) is 9.33. The summed E-state index contributed by atoms with van der Waals surface area (Å²) in [5, 5.41) is 0. The summed E-state index contributed by atoms with van der Waals surface area (Å²) < 4.78 is 39.5. The summed E-state index contributed by atoms with van der Waals surface area (Å²) in [7, 11) is 0. The lowest BCUT2D eigenvalue weighted by molar-refractivity contribution is -0.136. The van der Waals surface area contributed by atoms with Crippen LogP contribution in [0.1, 0.15) is 84.1 Å². The van der Waals surface area contributed by atoms with Gasteiger partial charge in [-0.2, -0.15) is 0 Å². The normalized spacial score (nSPS) is 22.7. The third kappa shape index (κ3) is 7.68. The first-order chi connectivity index (χ1) is 20.5. The van der Waals surface area contributed by atoms with Crippen molar-refractivity contribution in [3.63, 3.8) is 0 Å². The van der Waals surface area contributed by atoms with Gasteiger partial charge < -0.3 is 19.3 Å². The summed E-state index contributed by atoms with van der Waals surface area (Å²) in [6, 6.07) is 13.0. The van der Waals surface area contributed by atoms with Gasteiger partial charge in [0.2, 0.25) is 5.91 Å². The number of ether oxygens (including phenoxy) is 2. The number of nitrogens with zero attached hydrogens (tertiary/aromatic N) is 2. The molecule has 2 aliphatic heterocycles. The molecule has 2 aromatic carbocycles. The van der Waals surface area contributed by atoms with Crippen LogP contribution in [0.3, 0.4) is 0 Å². The van der Waals surface area contributed by atoms with Crippen LogP contribution in [0.5, 0.6) is 5.75 Å². The molecule has 3 aliphatic rings. The third-order valence-corrected chi connectivity index (χ3v) is 9.39. The highest BCUT2D eigenvalue weighted by molar-refractivity contribution is 5.80. The van der Waals surface area contributed by atoms with Gasteiger partial charge >= 0.3 is 6.09 Å². The number of hydrogen-bond donors (Lipinski definition) is 0. The Labute approximate surface area is 254 Å². The lowest BCUT2D eigenvalue weighted by Gasteiger charge is -2.34. The highest BCUT2D eigenvalue weighted by Gasteiger charge is 2.53. The van der Waals surface area contributed by atoms with E-state index in [0.717, 1.165) is 37.7 Å². The van der Waals surface area contributed by atoms with E-state index in [1.54, 1.807) is 17.0 Å². The molecule has 2 amide bonds. The van der Waals surface area contributed by atoms with E-state index < -0.39 is 5.60 Å². The fourth-order valence-electron chi connectivity index (χ4n) is 7.04. The van der Waals surface area contributed by atoms with Gasteiger partial charge in [0.25, 0.3) is 0 Å². The van der Waals surface area contributed by atoms with E-state index in [-0.39, 0.29) is 47.0 Å². The second kappa shape index (κ2) is 12.8. The van der Waals surface area contributed by atoms with Crippen LogP contribution in [0.4, 0.5) is 13.6 Å². The first-order valence-corrected chi connectivity index (χ1v) is 15.9. The zero-order chi connectivity index (χ0) is 30.8. The van der Waals surface area contributed by atoms with E-state index in [9.17, 15) is 18.4 Å². The predicted octanol–water partition coefficient (Wildman–Crippen LogP) is 7.57. The Morgan fingerprint density at radius 3 is 2.09 bits per heavy atom. The van der Waals surface area contributed by atoms with Crippen molar-refractivity contribution >= 4 is 12.0 Å². The van der Waals surface area contributed by atoms with Crippen LogP contribution >= 0.6 is 0 Å². The van der Waals surface area contributed by atoms with Crippen LogP contribution in [0.2, 0.25) is 0 Å². The average Bonchev–Trinajstić information content (AvgIpc) is 3.63. The molecule has 5 rings (SSSR count). The Balaban J connectivity index is 1.29. The molecule has 0 spiro atoms. The Morgan fingerprint density at radius 1 is 0.930 bits per heavy atom. The maximum atomic E-state index is 13.9. The number of carbonyl (C=O) groups is 2. The van der Waals surface area contributed by atoms with E-state index in [2.05, 4.69) is 6.92 Å². The van der Waals surface area contributed by atoms with Crippen LogP contribution in [0.25, 0.3) is 0 Å². The number of hydrogen-bond acceptors (Lipinski definition) is 4. The van der Waals surface area contributed by atoms with Crippen molar-refractivity contribution in [3.05, 3.63) is 65.7 Å². The van der Waals surface area contributed by atoms with Crippen molar-refractivity contribution in [1.82, 2.24) is 9.80 Å². The van der Waals surface area contributed by atoms with E-state index in [1.807, 2.05) is 37.8 Å². The molecule has 3 atom stereocenters. The fourth-order valence-corrected chi connectivity index (χ4v) is 7.04. The van der Waals surface area contributed by atoms with Gasteiger partial charge in [-0.05, 0) is 113 Å². The molecule has 3 unspecified atom stereocenters. The molecule has 43 heavy (non-hydrogen) atoms. The molecule has 2 saturated heterocycles. The molecule has 0 bridgehead atoms. The maximum Gasteiger partial charge on any atom is 0.410 e. The molecule has 6 nitrogen and oxygen atoms in total. The first-order valence-electron chi connectivity index (χ1n) is 15.9. The summed E-state index contributed by atoms with van der Waals surface area (Å²) >= 11 is 0. The molecule has 234 valence electrons. The van der Waals surface area contributed by atoms with Crippen molar-refractivity contribution in [3.8, 4) is 5.75 Å². The molecular formula is C35H46F2N2O4. The lowest BCUT2D eigenvalue weighted by Crippen LogP contribution is -2.45. The predicted molar refractivity (Wildman–Crippen MR) is 162 cm³/mol. The largest absolute Gasteiger partial charge is 0.487 e. The van der Waals surface area contributed by atoms with Crippen molar-refractivity contribution in [2.45, 2.75) is 89.8 Å². The number of halogens is 2. The van der Waals surface area contributed by atoms with Crippen LogP contribution in [-0.2, 0) is 9.53 Å². The van der Waals surface area contributed by atoms with Gasteiger partial charge in [0.05, 0.1) is 0 Å². The summed E-state index contributed by atoms with van der Waals surface area (Å²) in [4.78, 5) is 30.1. The number of likely N-dealkylation sites (tertiary alicyclic amines) is 2. The van der Waals surface area contributed by atoms with Gasteiger partial charge in [-0.1, -0.05) is 25.5 Å². The van der Waals surface area contributed by atoms with Gasteiger partial charge in [0.1, 0.15) is 28.6 Å². The maximum absolute atomic E-state index is 13.9. The number of amides is 2. The minimum atomic E-state index is -0.553. The lowest BCUT2D eigenvalue weighted by atomic mass is 9.79. The van der Waals surface area contributed by atoms with Crippen molar-refractivity contribution in [2.24, 2.45) is 17.8 Å². The molecule has 1 aliphatic carbocycles. The number of carbonyl (C=O) groups excluding carboxylic acids is 2. The highest BCUT2D eigenvalue weighted by Crippen LogP contribution is 2.52.